The first-order chi connectivity index (χ1) is 30.8. The Morgan fingerprint density at radius 2 is 0.839 bits per heavy atom. The number of benzene rings is 11. The highest BCUT2D eigenvalue weighted by molar-refractivity contribution is 6.22. The zero-order valence-corrected chi connectivity index (χ0v) is 34.0. The van der Waals surface area contributed by atoms with Gasteiger partial charge in [-0.05, 0) is 120 Å². The molecule has 0 spiro atoms. The first-order valence-corrected chi connectivity index (χ1v) is 21.3. The summed E-state index contributed by atoms with van der Waals surface area (Å²) in [5, 5.41) is 9.85. The Hall–Kier alpha value is -8.20. The average Bonchev–Trinajstić information content (AvgIpc) is 3.69. The lowest BCUT2D eigenvalue weighted by Crippen LogP contribution is -2.12. The van der Waals surface area contributed by atoms with Gasteiger partial charge >= 0.3 is 0 Å². The maximum Gasteiger partial charge on any atom is 0.0782 e. The summed E-state index contributed by atoms with van der Waals surface area (Å²) in [6, 6.07) is 88.6. The molecule has 0 aliphatic carbocycles. The second-order valence-corrected chi connectivity index (χ2v) is 16.1. The normalized spacial score (nSPS) is 11.5. The minimum Gasteiger partial charge on any atom is -0.308 e. The van der Waals surface area contributed by atoms with Crippen LogP contribution in [-0.2, 0) is 0 Å². The van der Waals surface area contributed by atoms with E-state index in [0.717, 1.165) is 28.3 Å². The zero-order valence-electron chi connectivity index (χ0n) is 34.0. The van der Waals surface area contributed by atoms with Crippen molar-refractivity contribution in [3.8, 4) is 39.1 Å². The summed E-state index contributed by atoms with van der Waals surface area (Å²) >= 11 is 0. The first-order valence-electron chi connectivity index (χ1n) is 21.3. The van der Waals surface area contributed by atoms with Gasteiger partial charge in [-0.25, -0.2) is 0 Å². The molecule has 12 aromatic rings. The van der Waals surface area contributed by atoms with Crippen molar-refractivity contribution in [2.24, 2.45) is 0 Å². The lowest BCUT2D eigenvalue weighted by Gasteiger charge is -2.28. The molecule has 0 saturated heterocycles. The van der Waals surface area contributed by atoms with E-state index < -0.39 is 0 Å². The number of anilines is 3. The van der Waals surface area contributed by atoms with Crippen LogP contribution in [-0.4, -0.2) is 4.57 Å². The average molecular weight is 789 g/mol. The highest BCUT2D eigenvalue weighted by atomic mass is 15.2. The van der Waals surface area contributed by atoms with Crippen LogP contribution in [0.5, 0.6) is 0 Å². The Morgan fingerprint density at radius 1 is 0.290 bits per heavy atom. The van der Waals surface area contributed by atoms with Gasteiger partial charge in [0.25, 0.3) is 0 Å². The number of aromatic nitrogens is 1. The number of fused-ring (bicyclic) bond motifs is 7. The lowest BCUT2D eigenvalue weighted by atomic mass is 9.85. The monoisotopic (exact) mass is 788 g/mol. The number of hydrogen-bond acceptors (Lipinski definition) is 1. The van der Waals surface area contributed by atoms with E-state index >= 15 is 0 Å². The van der Waals surface area contributed by atoms with Crippen molar-refractivity contribution < 1.29 is 0 Å². The molecule has 0 radical (unpaired) electrons. The summed E-state index contributed by atoms with van der Waals surface area (Å²) in [6.07, 6.45) is 0. The molecule has 0 saturated carbocycles. The Kier molecular flexibility index (Phi) is 8.53. The van der Waals surface area contributed by atoms with Gasteiger partial charge in [-0.2, -0.15) is 0 Å². The molecule has 62 heavy (non-hydrogen) atoms. The minimum absolute atomic E-state index is 1.08. The van der Waals surface area contributed by atoms with Gasteiger partial charge in [-0.15, -0.1) is 0 Å². The Morgan fingerprint density at radius 3 is 1.58 bits per heavy atom. The van der Waals surface area contributed by atoms with Gasteiger partial charge in [0.05, 0.1) is 16.7 Å². The molecule has 0 fully saturated rings. The van der Waals surface area contributed by atoms with Gasteiger partial charge in [0.2, 0.25) is 0 Å². The molecule has 0 N–H and O–H groups in total. The van der Waals surface area contributed by atoms with E-state index in [0.29, 0.717) is 0 Å². The SMILES string of the molecule is c1ccc(-c2c(-c3ccccc3)c3cc(N(c4ccc(-c5ccc6ccccc6c5)cc4)c4cccc5c6ccccc6n(-c6ccccc6)c45)ccc3c3ccccc23)cc1. The van der Waals surface area contributed by atoms with Crippen molar-refractivity contribution in [1.82, 2.24) is 4.57 Å². The van der Waals surface area contributed by atoms with E-state index in [9.17, 15) is 0 Å². The Bertz CT molecular complexity index is 3610. The van der Waals surface area contributed by atoms with Crippen molar-refractivity contribution in [3.05, 3.63) is 243 Å². The maximum atomic E-state index is 2.47. The summed E-state index contributed by atoms with van der Waals surface area (Å²) in [6.45, 7) is 0. The topological polar surface area (TPSA) is 8.17 Å². The quantitative estimate of drug-likeness (QED) is 0.146. The summed E-state index contributed by atoms with van der Waals surface area (Å²) in [5.74, 6) is 0. The van der Waals surface area contributed by atoms with Crippen LogP contribution < -0.4 is 4.90 Å². The van der Waals surface area contributed by atoms with E-state index in [1.807, 2.05) is 0 Å². The molecular weight excluding hydrogens is 749 g/mol. The minimum atomic E-state index is 1.08. The number of hydrogen-bond donors (Lipinski definition) is 0. The summed E-state index contributed by atoms with van der Waals surface area (Å²) in [7, 11) is 0. The van der Waals surface area contributed by atoms with E-state index in [1.165, 1.54) is 82.0 Å². The van der Waals surface area contributed by atoms with Gasteiger partial charge in [0.1, 0.15) is 0 Å². The second-order valence-electron chi connectivity index (χ2n) is 16.1. The molecule has 0 aliphatic heterocycles. The summed E-state index contributed by atoms with van der Waals surface area (Å²) in [5.41, 5.74) is 14.0. The molecule has 12 rings (SSSR count). The highest BCUT2D eigenvalue weighted by Crippen LogP contribution is 2.48. The fourth-order valence-corrected chi connectivity index (χ4v) is 9.75. The molecular formula is C60H40N2. The van der Waals surface area contributed by atoms with Gasteiger partial charge in [0.15, 0.2) is 0 Å². The van der Waals surface area contributed by atoms with Crippen LogP contribution in [0.15, 0.2) is 243 Å². The molecule has 0 unspecified atom stereocenters. The molecule has 1 heterocycles. The molecule has 11 aromatic carbocycles. The van der Waals surface area contributed by atoms with Gasteiger partial charge < -0.3 is 9.47 Å². The van der Waals surface area contributed by atoms with Crippen LogP contribution in [0.1, 0.15) is 0 Å². The smallest absolute Gasteiger partial charge is 0.0782 e. The molecule has 0 bridgehead atoms. The zero-order chi connectivity index (χ0) is 41.0. The molecule has 2 nitrogen and oxygen atoms in total. The third kappa shape index (κ3) is 5.88. The van der Waals surface area contributed by atoms with E-state index in [2.05, 4.69) is 252 Å². The highest BCUT2D eigenvalue weighted by Gasteiger charge is 2.24. The standard InChI is InChI=1S/C60H40N2/c1-4-18-43(19-5-1)58-53-27-13-12-25-50(53)51-38-37-49(40-55(51)59(58)44-20-6-2-7-21-44)61(48-35-33-42(34-36-48)46-32-31-41-17-10-11-22-45(41)39-46)57-30-16-28-54-52-26-14-15-29-56(52)62(60(54)57)47-23-8-3-9-24-47/h1-40H. The predicted molar refractivity (Wildman–Crippen MR) is 264 cm³/mol. The second kappa shape index (κ2) is 14.8. The van der Waals surface area contributed by atoms with Crippen LogP contribution in [0.4, 0.5) is 17.1 Å². The first kappa shape index (κ1) is 35.7. The van der Waals surface area contributed by atoms with Crippen LogP contribution in [0.2, 0.25) is 0 Å². The van der Waals surface area contributed by atoms with E-state index in [-0.39, 0.29) is 0 Å². The fourth-order valence-electron chi connectivity index (χ4n) is 9.75. The van der Waals surface area contributed by atoms with Crippen LogP contribution in [0.25, 0.3) is 93.2 Å². The third-order valence-corrected chi connectivity index (χ3v) is 12.5. The maximum absolute atomic E-state index is 2.47. The van der Waals surface area contributed by atoms with Crippen molar-refractivity contribution in [2.75, 3.05) is 4.90 Å². The van der Waals surface area contributed by atoms with Crippen LogP contribution in [0, 0.1) is 0 Å². The van der Waals surface area contributed by atoms with Crippen LogP contribution >= 0.6 is 0 Å². The van der Waals surface area contributed by atoms with Crippen LogP contribution in [0.3, 0.4) is 0 Å². The lowest BCUT2D eigenvalue weighted by molar-refractivity contribution is 1.17. The summed E-state index contributed by atoms with van der Waals surface area (Å²) < 4.78 is 2.44. The van der Waals surface area contributed by atoms with Gasteiger partial charge in [0, 0.05) is 27.8 Å². The number of para-hydroxylation sites is 3. The predicted octanol–water partition coefficient (Wildman–Crippen LogP) is 16.7. The summed E-state index contributed by atoms with van der Waals surface area (Å²) in [4.78, 5) is 2.47. The Balaban J connectivity index is 1.16. The van der Waals surface area contributed by atoms with Crippen molar-refractivity contribution >= 4 is 71.2 Å². The van der Waals surface area contributed by atoms with Crippen molar-refractivity contribution in [2.45, 2.75) is 0 Å². The van der Waals surface area contributed by atoms with Crippen molar-refractivity contribution in [3.63, 3.8) is 0 Å². The van der Waals surface area contributed by atoms with E-state index in [1.54, 1.807) is 0 Å². The molecule has 0 atom stereocenters. The number of rotatable bonds is 7. The third-order valence-electron chi connectivity index (χ3n) is 12.5. The molecule has 0 amide bonds. The molecule has 0 aliphatic rings. The fraction of sp³-hybridized carbons (Fsp3) is 0. The molecule has 290 valence electrons. The number of nitrogens with zero attached hydrogens (tertiary/aromatic N) is 2. The van der Waals surface area contributed by atoms with Gasteiger partial charge in [-0.3, -0.25) is 0 Å². The molecule has 2 heteroatoms. The van der Waals surface area contributed by atoms with E-state index in [4.69, 9.17) is 0 Å². The van der Waals surface area contributed by atoms with Crippen molar-refractivity contribution in [1.29, 1.82) is 0 Å². The largest absolute Gasteiger partial charge is 0.308 e. The molecule has 1 aromatic heterocycles. The van der Waals surface area contributed by atoms with Gasteiger partial charge in [-0.1, -0.05) is 188 Å². The Labute approximate surface area is 360 Å².